The molecule has 0 aliphatic carbocycles. The summed E-state index contributed by atoms with van der Waals surface area (Å²) in [4.78, 5) is 12.2. The molecule has 23 heavy (non-hydrogen) atoms. The lowest BCUT2D eigenvalue weighted by Gasteiger charge is -2.35. The van der Waals surface area contributed by atoms with E-state index < -0.39 is 5.97 Å². The minimum atomic E-state index is -1.17. The van der Waals surface area contributed by atoms with Crippen molar-refractivity contribution < 1.29 is 29.0 Å². The number of ether oxygens (including phenoxy) is 3. The van der Waals surface area contributed by atoms with Gasteiger partial charge in [0.15, 0.2) is 5.79 Å². The van der Waals surface area contributed by atoms with E-state index in [-0.39, 0.29) is 11.4 Å². The number of carbonyl (C=O) groups excluding carboxylic acids is 1. The molecule has 2 heterocycles. The highest BCUT2D eigenvalue weighted by Gasteiger charge is 2.41. The van der Waals surface area contributed by atoms with Crippen LogP contribution in [0.25, 0.3) is 0 Å². The summed E-state index contributed by atoms with van der Waals surface area (Å²) >= 11 is 0. The maximum Gasteiger partial charge on any atom is 0.179 e. The van der Waals surface area contributed by atoms with Crippen LogP contribution in [0.15, 0.2) is 24.3 Å². The molecule has 0 amide bonds. The van der Waals surface area contributed by atoms with Gasteiger partial charge in [0.05, 0.1) is 58.3 Å². The number of hydrogen-bond donors (Lipinski definition) is 1. The monoisotopic (exact) mass is 321 g/mol. The third kappa shape index (κ3) is 4.22. The average molecular weight is 321 g/mol. The summed E-state index contributed by atoms with van der Waals surface area (Å²) in [6.07, 6.45) is 2.90. The third-order valence-corrected chi connectivity index (χ3v) is 4.57. The zero-order valence-electron chi connectivity index (χ0n) is 13.2. The van der Waals surface area contributed by atoms with Crippen LogP contribution in [0.4, 0.5) is 0 Å². The van der Waals surface area contributed by atoms with Gasteiger partial charge < -0.3 is 29.0 Å². The van der Waals surface area contributed by atoms with Crippen molar-refractivity contribution in [3.05, 3.63) is 29.8 Å². The molecule has 2 aliphatic heterocycles. The SMILES string of the molecule is O=C([O-])c1ccc(OCCC[NH+]2CCC3(CC2)OCCO3)cc1. The van der Waals surface area contributed by atoms with Crippen molar-refractivity contribution in [2.24, 2.45) is 0 Å². The molecular formula is C17H23NO5. The molecule has 2 aliphatic rings. The highest BCUT2D eigenvalue weighted by Crippen LogP contribution is 2.27. The molecule has 3 rings (SSSR count). The first-order chi connectivity index (χ1) is 11.2. The van der Waals surface area contributed by atoms with Gasteiger partial charge in [0.25, 0.3) is 0 Å². The Labute approximate surface area is 135 Å². The number of piperidine rings is 1. The molecule has 0 saturated carbocycles. The van der Waals surface area contributed by atoms with Gasteiger partial charge in [-0.2, -0.15) is 0 Å². The van der Waals surface area contributed by atoms with E-state index in [9.17, 15) is 9.90 Å². The highest BCUT2D eigenvalue weighted by molar-refractivity contribution is 5.85. The quantitative estimate of drug-likeness (QED) is 0.698. The maximum absolute atomic E-state index is 10.7. The Morgan fingerprint density at radius 3 is 2.43 bits per heavy atom. The summed E-state index contributed by atoms with van der Waals surface area (Å²) in [5, 5.41) is 10.7. The maximum atomic E-state index is 10.7. The molecule has 126 valence electrons. The fourth-order valence-electron chi connectivity index (χ4n) is 3.22. The van der Waals surface area contributed by atoms with Crippen molar-refractivity contribution in [3.8, 4) is 5.75 Å². The zero-order chi connectivity index (χ0) is 16.1. The number of quaternary nitrogens is 1. The molecule has 1 spiro atoms. The largest absolute Gasteiger partial charge is 0.545 e. The minimum Gasteiger partial charge on any atom is -0.545 e. The van der Waals surface area contributed by atoms with Gasteiger partial charge in [0.1, 0.15) is 5.75 Å². The van der Waals surface area contributed by atoms with Gasteiger partial charge in [0.2, 0.25) is 0 Å². The van der Waals surface area contributed by atoms with Crippen LogP contribution in [-0.4, -0.2) is 51.2 Å². The number of rotatable bonds is 6. The topological polar surface area (TPSA) is 72.3 Å². The number of likely N-dealkylation sites (tertiary alicyclic amines) is 1. The van der Waals surface area contributed by atoms with E-state index in [0.29, 0.717) is 12.4 Å². The Balaban J connectivity index is 1.33. The fraction of sp³-hybridized carbons (Fsp3) is 0.588. The van der Waals surface area contributed by atoms with Crippen molar-refractivity contribution in [2.45, 2.75) is 25.0 Å². The molecule has 1 N–H and O–H groups in total. The Bertz CT molecular complexity index is 514. The average Bonchev–Trinajstić information content (AvgIpc) is 3.02. The molecular weight excluding hydrogens is 298 g/mol. The predicted molar refractivity (Wildman–Crippen MR) is 80.3 cm³/mol. The number of hydrogen-bond acceptors (Lipinski definition) is 5. The van der Waals surface area contributed by atoms with E-state index in [1.807, 2.05) is 0 Å². The van der Waals surface area contributed by atoms with Crippen LogP contribution in [0.3, 0.4) is 0 Å². The number of nitrogens with one attached hydrogen (secondary N) is 1. The first kappa shape index (κ1) is 16.2. The van der Waals surface area contributed by atoms with Crippen molar-refractivity contribution in [1.29, 1.82) is 0 Å². The lowest BCUT2D eigenvalue weighted by Crippen LogP contribution is -3.13. The van der Waals surface area contributed by atoms with Crippen LogP contribution in [-0.2, 0) is 9.47 Å². The van der Waals surface area contributed by atoms with E-state index >= 15 is 0 Å². The van der Waals surface area contributed by atoms with Crippen LogP contribution >= 0.6 is 0 Å². The summed E-state index contributed by atoms with van der Waals surface area (Å²) in [5.41, 5.74) is 0.167. The van der Waals surface area contributed by atoms with Crippen LogP contribution in [0, 0.1) is 0 Å². The molecule has 2 saturated heterocycles. The van der Waals surface area contributed by atoms with Crippen molar-refractivity contribution in [2.75, 3.05) is 39.5 Å². The smallest absolute Gasteiger partial charge is 0.179 e. The Hall–Kier alpha value is -1.63. The molecule has 0 radical (unpaired) electrons. The van der Waals surface area contributed by atoms with Gasteiger partial charge in [0, 0.05) is 6.42 Å². The van der Waals surface area contributed by atoms with Crippen LogP contribution in [0.2, 0.25) is 0 Å². The van der Waals surface area contributed by atoms with Gasteiger partial charge in [-0.25, -0.2) is 0 Å². The van der Waals surface area contributed by atoms with E-state index in [0.717, 1.165) is 52.1 Å². The molecule has 0 unspecified atom stereocenters. The Kier molecular flexibility index (Phi) is 5.15. The molecule has 0 aromatic heterocycles. The van der Waals surface area contributed by atoms with Crippen molar-refractivity contribution in [3.63, 3.8) is 0 Å². The minimum absolute atomic E-state index is 0.167. The van der Waals surface area contributed by atoms with E-state index in [4.69, 9.17) is 14.2 Å². The second-order valence-corrected chi connectivity index (χ2v) is 6.12. The highest BCUT2D eigenvalue weighted by atomic mass is 16.7. The number of carboxylic acids is 1. The lowest BCUT2D eigenvalue weighted by atomic mass is 10.0. The van der Waals surface area contributed by atoms with Gasteiger partial charge in [-0.3, -0.25) is 0 Å². The number of aromatic carboxylic acids is 1. The second-order valence-electron chi connectivity index (χ2n) is 6.12. The molecule has 6 nitrogen and oxygen atoms in total. The third-order valence-electron chi connectivity index (χ3n) is 4.57. The number of carbonyl (C=O) groups is 1. The summed E-state index contributed by atoms with van der Waals surface area (Å²) in [5.74, 6) is -0.769. The van der Waals surface area contributed by atoms with E-state index in [2.05, 4.69) is 0 Å². The van der Waals surface area contributed by atoms with Gasteiger partial charge in [-0.1, -0.05) is 0 Å². The second kappa shape index (κ2) is 7.29. The number of carboxylic acid groups (broad SMARTS) is 1. The van der Waals surface area contributed by atoms with Gasteiger partial charge in [-0.15, -0.1) is 0 Å². The summed E-state index contributed by atoms with van der Waals surface area (Å²) in [6, 6.07) is 6.33. The number of benzene rings is 1. The van der Waals surface area contributed by atoms with Crippen LogP contribution in [0.1, 0.15) is 29.6 Å². The van der Waals surface area contributed by atoms with Crippen LogP contribution < -0.4 is 14.7 Å². The van der Waals surface area contributed by atoms with Crippen molar-refractivity contribution in [1.82, 2.24) is 0 Å². The zero-order valence-corrected chi connectivity index (χ0v) is 13.2. The van der Waals surface area contributed by atoms with E-state index in [1.54, 1.807) is 17.0 Å². The standard InChI is InChI=1S/C17H23NO5/c19-16(20)14-2-4-15(5-3-14)21-11-1-8-18-9-6-17(7-10-18)22-12-13-23-17/h2-5H,1,6-13H2,(H,19,20). The summed E-state index contributed by atoms with van der Waals surface area (Å²) in [7, 11) is 0. The van der Waals surface area contributed by atoms with Gasteiger partial charge >= 0.3 is 0 Å². The first-order valence-corrected chi connectivity index (χ1v) is 8.23. The van der Waals surface area contributed by atoms with Gasteiger partial charge in [-0.05, 0) is 29.8 Å². The summed E-state index contributed by atoms with van der Waals surface area (Å²) < 4.78 is 17.1. The van der Waals surface area contributed by atoms with Crippen LogP contribution in [0.5, 0.6) is 5.75 Å². The molecule has 2 fully saturated rings. The fourth-order valence-corrected chi connectivity index (χ4v) is 3.22. The predicted octanol–water partition coefficient (Wildman–Crippen LogP) is -0.759. The molecule has 1 aromatic carbocycles. The molecule has 1 aromatic rings. The lowest BCUT2D eigenvalue weighted by molar-refractivity contribution is -0.909. The van der Waals surface area contributed by atoms with E-state index in [1.165, 1.54) is 12.1 Å². The summed E-state index contributed by atoms with van der Waals surface area (Å²) in [6.45, 7) is 5.28. The van der Waals surface area contributed by atoms with Crippen molar-refractivity contribution >= 4 is 5.97 Å². The molecule has 6 heteroatoms. The molecule has 0 bridgehead atoms. The molecule has 0 atom stereocenters. The first-order valence-electron chi connectivity index (χ1n) is 8.23. The Morgan fingerprint density at radius 2 is 1.83 bits per heavy atom. The normalized spacial score (nSPS) is 20.7. The Morgan fingerprint density at radius 1 is 1.17 bits per heavy atom.